The molecule has 6 nitrogen and oxygen atoms in total. The molecule has 7 heteroatoms. The summed E-state index contributed by atoms with van der Waals surface area (Å²) in [6.07, 6.45) is 0. The Morgan fingerprint density at radius 3 is 2.14 bits per heavy atom. The molecule has 0 aliphatic carbocycles. The van der Waals surface area contributed by atoms with Crippen molar-refractivity contribution in [3.8, 4) is 11.5 Å². The first-order chi connectivity index (χ1) is 10.8. The van der Waals surface area contributed by atoms with Gasteiger partial charge in [0.05, 0.1) is 52.8 Å². The highest BCUT2D eigenvalue weighted by molar-refractivity contribution is 14.1. The van der Waals surface area contributed by atoms with Crippen LogP contribution in [0.1, 0.15) is 11.1 Å². The third-order valence-electron chi connectivity index (χ3n) is 3.00. The Kier molecular flexibility index (Phi) is 10.5. The van der Waals surface area contributed by atoms with Crippen LogP contribution in [0.15, 0.2) is 12.1 Å². The highest BCUT2D eigenvalue weighted by Crippen LogP contribution is 2.31. The SMILES string of the molecule is CNCCOCCOCc1c(OC)cc(COI)cc1OC. The van der Waals surface area contributed by atoms with Crippen LogP contribution in [0.3, 0.4) is 0 Å². The predicted molar refractivity (Wildman–Crippen MR) is 92.8 cm³/mol. The number of hydrogen-bond donors (Lipinski definition) is 1. The molecule has 0 aliphatic rings. The molecule has 0 spiro atoms. The molecule has 0 fully saturated rings. The third kappa shape index (κ3) is 6.66. The van der Waals surface area contributed by atoms with Crippen molar-refractivity contribution in [3.63, 3.8) is 0 Å². The maximum Gasteiger partial charge on any atom is 0.128 e. The third-order valence-corrected chi connectivity index (χ3v) is 3.32. The molecule has 0 aliphatic heterocycles. The monoisotopic (exact) mass is 425 g/mol. The summed E-state index contributed by atoms with van der Waals surface area (Å²) in [5.74, 6) is 1.47. The molecule has 1 aromatic rings. The standard InChI is InChI=1S/C15H24INO5/c1-17-4-5-20-6-7-21-11-13-14(18-2)8-12(10-22-16)9-15(13)19-3/h8-9,17H,4-7,10-11H2,1-3H3. The summed E-state index contributed by atoms with van der Waals surface area (Å²) in [4.78, 5) is 0. The van der Waals surface area contributed by atoms with E-state index in [1.165, 1.54) is 0 Å². The summed E-state index contributed by atoms with van der Waals surface area (Å²) in [5.41, 5.74) is 1.87. The van der Waals surface area contributed by atoms with Crippen molar-refractivity contribution >= 4 is 23.0 Å². The lowest BCUT2D eigenvalue weighted by molar-refractivity contribution is 0.0407. The smallest absolute Gasteiger partial charge is 0.128 e. The quantitative estimate of drug-likeness (QED) is 0.410. The van der Waals surface area contributed by atoms with Crippen molar-refractivity contribution in [3.05, 3.63) is 23.3 Å². The number of hydrogen-bond acceptors (Lipinski definition) is 6. The van der Waals surface area contributed by atoms with Crippen LogP contribution in [-0.2, 0) is 25.8 Å². The van der Waals surface area contributed by atoms with Crippen molar-refractivity contribution in [2.45, 2.75) is 13.2 Å². The molecular weight excluding hydrogens is 401 g/mol. The minimum Gasteiger partial charge on any atom is -0.496 e. The summed E-state index contributed by atoms with van der Waals surface area (Å²) >= 11 is 1.86. The summed E-state index contributed by atoms with van der Waals surface area (Å²) in [6.45, 7) is 3.50. The van der Waals surface area contributed by atoms with Crippen molar-refractivity contribution in [2.75, 3.05) is 47.6 Å². The Morgan fingerprint density at radius 1 is 0.955 bits per heavy atom. The van der Waals surface area contributed by atoms with Gasteiger partial charge in [-0.05, 0) is 24.7 Å². The molecular formula is C15H24INO5. The molecule has 1 rings (SSSR count). The molecule has 0 saturated carbocycles. The zero-order valence-corrected chi connectivity index (χ0v) is 15.5. The fraction of sp³-hybridized carbons (Fsp3) is 0.600. The molecule has 22 heavy (non-hydrogen) atoms. The highest BCUT2D eigenvalue weighted by Gasteiger charge is 2.13. The molecule has 0 aromatic heterocycles. The second-order valence-corrected chi connectivity index (χ2v) is 5.12. The van der Waals surface area contributed by atoms with Gasteiger partial charge < -0.3 is 27.3 Å². The summed E-state index contributed by atoms with van der Waals surface area (Å²) < 4.78 is 27.0. The number of likely N-dealkylation sites (N-methyl/N-ethyl adjacent to an activating group) is 1. The van der Waals surface area contributed by atoms with Gasteiger partial charge in [0.1, 0.15) is 34.5 Å². The summed E-state index contributed by atoms with van der Waals surface area (Å²) in [5, 5.41) is 3.02. The van der Waals surface area contributed by atoms with Crippen LogP contribution in [0.4, 0.5) is 0 Å². The van der Waals surface area contributed by atoms with Gasteiger partial charge in [0.2, 0.25) is 0 Å². The van der Waals surface area contributed by atoms with E-state index < -0.39 is 0 Å². The van der Waals surface area contributed by atoms with E-state index in [9.17, 15) is 0 Å². The fourth-order valence-electron chi connectivity index (χ4n) is 1.90. The van der Waals surface area contributed by atoms with E-state index in [2.05, 4.69) is 5.32 Å². The molecule has 0 unspecified atom stereocenters. The first-order valence-electron chi connectivity index (χ1n) is 7.04. The van der Waals surface area contributed by atoms with E-state index in [0.29, 0.717) is 33.0 Å². The zero-order valence-electron chi connectivity index (χ0n) is 13.3. The maximum absolute atomic E-state index is 5.65. The molecule has 0 atom stereocenters. The van der Waals surface area contributed by atoms with Crippen molar-refractivity contribution in [1.82, 2.24) is 5.32 Å². The van der Waals surface area contributed by atoms with Gasteiger partial charge in [0, 0.05) is 6.54 Å². The van der Waals surface area contributed by atoms with Crippen molar-refractivity contribution < 1.29 is 22.0 Å². The van der Waals surface area contributed by atoms with Crippen molar-refractivity contribution in [1.29, 1.82) is 0 Å². The maximum atomic E-state index is 5.65. The molecule has 1 N–H and O–H groups in total. The van der Waals surface area contributed by atoms with Gasteiger partial charge in [0.25, 0.3) is 0 Å². The lowest BCUT2D eigenvalue weighted by Crippen LogP contribution is -2.16. The van der Waals surface area contributed by atoms with E-state index in [1.54, 1.807) is 14.2 Å². The lowest BCUT2D eigenvalue weighted by atomic mass is 10.1. The zero-order chi connectivity index (χ0) is 16.2. The van der Waals surface area contributed by atoms with Gasteiger partial charge in [-0.15, -0.1) is 0 Å². The predicted octanol–water partition coefficient (Wildman–Crippen LogP) is 2.32. The van der Waals surface area contributed by atoms with Crippen LogP contribution in [0, 0.1) is 0 Å². The average molecular weight is 425 g/mol. The molecule has 0 heterocycles. The second-order valence-electron chi connectivity index (χ2n) is 4.50. The number of ether oxygens (including phenoxy) is 4. The largest absolute Gasteiger partial charge is 0.496 e. The average Bonchev–Trinajstić information content (AvgIpc) is 2.54. The molecule has 0 amide bonds. The Balaban J connectivity index is 2.57. The molecule has 1 aromatic carbocycles. The van der Waals surface area contributed by atoms with Gasteiger partial charge in [0.15, 0.2) is 0 Å². The fourth-order valence-corrected chi connectivity index (χ4v) is 2.25. The number of halogens is 1. The summed E-state index contributed by atoms with van der Waals surface area (Å²) in [6, 6.07) is 3.87. The van der Waals surface area contributed by atoms with Gasteiger partial charge >= 0.3 is 0 Å². The Morgan fingerprint density at radius 2 is 1.59 bits per heavy atom. The first-order valence-corrected chi connectivity index (χ1v) is 7.92. The van der Waals surface area contributed by atoms with Crippen LogP contribution in [0.25, 0.3) is 0 Å². The summed E-state index contributed by atoms with van der Waals surface area (Å²) in [7, 11) is 5.16. The molecule has 126 valence electrons. The van der Waals surface area contributed by atoms with Crippen LogP contribution in [0.2, 0.25) is 0 Å². The molecule has 0 saturated heterocycles. The number of nitrogens with one attached hydrogen (secondary N) is 1. The number of methoxy groups -OCH3 is 2. The second kappa shape index (κ2) is 11.9. The molecule has 0 radical (unpaired) electrons. The van der Waals surface area contributed by atoms with E-state index in [4.69, 9.17) is 22.0 Å². The number of rotatable bonds is 12. The van der Waals surface area contributed by atoms with E-state index in [1.807, 2.05) is 42.2 Å². The lowest BCUT2D eigenvalue weighted by Gasteiger charge is -2.15. The van der Waals surface area contributed by atoms with Gasteiger partial charge in [-0.2, -0.15) is 0 Å². The normalized spacial score (nSPS) is 10.7. The van der Waals surface area contributed by atoms with Gasteiger partial charge in [-0.1, -0.05) is 0 Å². The van der Waals surface area contributed by atoms with Crippen LogP contribution < -0.4 is 14.8 Å². The van der Waals surface area contributed by atoms with Crippen molar-refractivity contribution in [2.24, 2.45) is 0 Å². The Labute approximate surface area is 146 Å². The molecule has 0 bridgehead atoms. The number of benzene rings is 1. The highest BCUT2D eigenvalue weighted by atomic mass is 127. The van der Waals surface area contributed by atoms with E-state index in [-0.39, 0.29) is 0 Å². The van der Waals surface area contributed by atoms with Gasteiger partial charge in [-0.25, -0.2) is 0 Å². The van der Waals surface area contributed by atoms with Crippen LogP contribution in [-0.4, -0.2) is 47.6 Å². The van der Waals surface area contributed by atoms with E-state index in [0.717, 1.165) is 29.2 Å². The van der Waals surface area contributed by atoms with Crippen LogP contribution >= 0.6 is 23.0 Å². The first kappa shape index (κ1) is 19.4. The van der Waals surface area contributed by atoms with Crippen LogP contribution in [0.5, 0.6) is 11.5 Å². The minimum absolute atomic E-state index is 0.410. The van der Waals surface area contributed by atoms with Gasteiger partial charge in [-0.3, -0.25) is 0 Å². The van der Waals surface area contributed by atoms with E-state index >= 15 is 0 Å². The Hall–Kier alpha value is -0.610. The minimum atomic E-state index is 0.410. The Bertz CT molecular complexity index is 405. The topological polar surface area (TPSA) is 58.2 Å².